The second-order valence-corrected chi connectivity index (χ2v) is 3.89. The normalized spacial score (nSPS) is 11.1. The summed E-state index contributed by atoms with van der Waals surface area (Å²) in [7, 11) is 0. The van der Waals surface area contributed by atoms with Crippen molar-refractivity contribution >= 4 is 11.7 Å². The molecule has 0 atom stereocenters. The topological polar surface area (TPSA) is 68.0 Å². The number of amides is 1. The van der Waals surface area contributed by atoms with Crippen LogP contribution in [0.3, 0.4) is 0 Å². The summed E-state index contributed by atoms with van der Waals surface area (Å²) in [5.74, 6) is 0.295. The predicted molar refractivity (Wildman–Crippen MR) is 55.9 cm³/mol. The molecule has 4 heteroatoms. The number of hydrogen-bond donors (Lipinski definition) is 2. The Morgan fingerprint density at radius 1 is 1.57 bits per heavy atom. The molecule has 0 unspecified atom stereocenters. The third-order valence-electron chi connectivity index (χ3n) is 1.74. The monoisotopic (exact) mass is 193 g/mol. The van der Waals surface area contributed by atoms with Crippen molar-refractivity contribution in [3.8, 4) is 0 Å². The van der Waals surface area contributed by atoms with Crippen LogP contribution in [0.4, 0.5) is 5.82 Å². The van der Waals surface area contributed by atoms with E-state index in [1.807, 2.05) is 13.0 Å². The Balaban J connectivity index is 2.75. The van der Waals surface area contributed by atoms with Gasteiger partial charge in [0.25, 0.3) is 0 Å². The molecular formula is C10H15N3O. The van der Waals surface area contributed by atoms with Gasteiger partial charge in [-0.1, -0.05) is 0 Å². The number of aromatic nitrogens is 1. The lowest BCUT2D eigenvalue weighted by Crippen LogP contribution is -2.45. The summed E-state index contributed by atoms with van der Waals surface area (Å²) in [5.41, 5.74) is 5.79. The number of carbonyl (C=O) groups excluding carboxylic acids is 1. The molecule has 1 rings (SSSR count). The summed E-state index contributed by atoms with van der Waals surface area (Å²) in [6.45, 7) is 5.24. The second kappa shape index (κ2) is 3.75. The molecule has 0 radical (unpaired) electrons. The van der Waals surface area contributed by atoms with Crippen LogP contribution in [0.15, 0.2) is 18.3 Å². The van der Waals surface area contributed by atoms with E-state index in [1.165, 1.54) is 0 Å². The van der Waals surface area contributed by atoms with Crippen LogP contribution >= 0.6 is 0 Å². The molecule has 14 heavy (non-hydrogen) atoms. The van der Waals surface area contributed by atoms with Crippen LogP contribution in [0.25, 0.3) is 0 Å². The van der Waals surface area contributed by atoms with Gasteiger partial charge in [0.1, 0.15) is 5.82 Å². The van der Waals surface area contributed by atoms with Gasteiger partial charge < -0.3 is 11.1 Å². The molecule has 76 valence electrons. The molecule has 0 aliphatic rings. The van der Waals surface area contributed by atoms with Crippen LogP contribution in [0.5, 0.6) is 0 Å². The molecule has 0 bridgehead atoms. The van der Waals surface area contributed by atoms with Crippen LogP contribution in [-0.4, -0.2) is 16.4 Å². The Morgan fingerprint density at radius 2 is 2.21 bits per heavy atom. The lowest BCUT2D eigenvalue weighted by molar-refractivity contribution is -0.120. The van der Waals surface area contributed by atoms with E-state index in [-0.39, 0.29) is 5.91 Å². The number of anilines is 1. The zero-order valence-electron chi connectivity index (χ0n) is 8.66. The highest BCUT2D eigenvalue weighted by Gasteiger charge is 2.21. The first-order valence-electron chi connectivity index (χ1n) is 4.42. The molecule has 0 aromatic carbocycles. The molecule has 0 fully saturated rings. The van der Waals surface area contributed by atoms with Crippen molar-refractivity contribution in [3.63, 3.8) is 0 Å². The van der Waals surface area contributed by atoms with Gasteiger partial charge in [-0.15, -0.1) is 0 Å². The molecule has 3 N–H and O–H groups in total. The third-order valence-corrected chi connectivity index (χ3v) is 1.74. The van der Waals surface area contributed by atoms with Gasteiger partial charge in [0.05, 0.1) is 5.54 Å². The SMILES string of the molecule is Cc1ccnc(NC(=O)C(C)(C)N)c1. The Morgan fingerprint density at radius 3 is 2.71 bits per heavy atom. The molecule has 0 saturated carbocycles. The van der Waals surface area contributed by atoms with E-state index in [0.717, 1.165) is 5.56 Å². The number of hydrogen-bond acceptors (Lipinski definition) is 3. The summed E-state index contributed by atoms with van der Waals surface area (Å²) >= 11 is 0. The minimum Gasteiger partial charge on any atom is -0.318 e. The van der Waals surface area contributed by atoms with Crippen LogP contribution in [0.2, 0.25) is 0 Å². The van der Waals surface area contributed by atoms with Crippen molar-refractivity contribution in [2.24, 2.45) is 5.73 Å². The Hall–Kier alpha value is -1.42. The van der Waals surface area contributed by atoms with Gasteiger partial charge in [0.15, 0.2) is 0 Å². The van der Waals surface area contributed by atoms with Crippen molar-refractivity contribution in [3.05, 3.63) is 23.9 Å². The first-order valence-corrected chi connectivity index (χ1v) is 4.42. The zero-order valence-corrected chi connectivity index (χ0v) is 8.66. The Labute approximate surface area is 83.5 Å². The third kappa shape index (κ3) is 2.81. The number of aryl methyl sites for hydroxylation is 1. The Bertz CT molecular complexity index is 341. The summed E-state index contributed by atoms with van der Waals surface area (Å²) in [6, 6.07) is 3.66. The van der Waals surface area contributed by atoms with Crippen LogP contribution in [0.1, 0.15) is 19.4 Å². The maximum atomic E-state index is 11.5. The average Bonchev–Trinajstić information content (AvgIpc) is 2.02. The predicted octanol–water partition coefficient (Wildman–Crippen LogP) is 1.07. The molecule has 1 aromatic heterocycles. The lowest BCUT2D eigenvalue weighted by Gasteiger charge is -2.17. The summed E-state index contributed by atoms with van der Waals surface area (Å²) in [5, 5.41) is 2.65. The zero-order chi connectivity index (χ0) is 10.8. The van der Waals surface area contributed by atoms with Gasteiger partial charge in [0, 0.05) is 6.20 Å². The van der Waals surface area contributed by atoms with Crippen molar-refractivity contribution in [1.29, 1.82) is 0 Å². The molecule has 4 nitrogen and oxygen atoms in total. The van der Waals surface area contributed by atoms with Crippen LogP contribution in [-0.2, 0) is 4.79 Å². The fraction of sp³-hybridized carbons (Fsp3) is 0.400. The van der Waals surface area contributed by atoms with Crippen LogP contribution in [0, 0.1) is 6.92 Å². The summed E-state index contributed by atoms with van der Waals surface area (Å²) < 4.78 is 0. The van der Waals surface area contributed by atoms with Gasteiger partial charge >= 0.3 is 0 Å². The first-order chi connectivity index (χ1) is 6.39. The highest BCUT2D eigenvalue weighted by atomic mass is 16.2. The van der Waals surface area contributed by atoms with Gasteiger partial charge in [-0.3, -0.25) is 4.79 Å². The molecular weight excluding hydrogens is 178 g/mol. The van der Waals surface area contributed by atoms with Crippen molar-refractivity contribution in [1.82, 2.24) is 4.98 Å². The van der Waals surface area contributed by atoms with E-state index in [4.69, 9.17) is 5.73 Å². The maximum absolute atomic E-state index is 11.5. The smallest absolute Gasteiger partial charge is 0.245 e. The van der Waals surface area contributed by atoms with E-state index in [0.29, 0.717) is 5.82 Å². The van der Waals surface area contributed by atoms with E-state index in [1.54, 1.807) is 26.1 Å². The highest BCUT2D eigenvalue weighted by molar-refractivity contribution is 5.96. The van der Waals surface area contributed by atoms with E-state index in [9.17, 15) is 4.79 Å². The van der Waals surface area contributed by atoms with Gasteiger partial charge in [0.2, 0.25) is 5.91 Å². The number of pyridine rings is 1. The van der Waals surface area contributed by atoms with Gasteiger partial charge in [-0.25, -0.2) is 4.98 Å². The number of nitrogens with two attached hydrogens (primary N) is 1. The standard InChI is InChI=1S/C10H15N3O/c1-7-4-5-12-8(6-7)13-9(14)10(2,3)11/h4-6H,11H2,1-3H3,(H,12,13,14). The van der Waals surface area contributed by atoms with Gasteiger partial charge in [-0.05, 0) is 38.5 Å². The van der Waals surface area contributed by atoms with Crippen molar-refractivity contribution in [2.75, 3.05) is 5.32 Å². The molecule has 0 saturated heterocycles. The molecule has 1 amide bonds. The molecule has 0 aliphatic heterocycles. The first kappa shape index (κ1) is 10.7. The quantitative estimate of drug-likeness (QED) is 0.738. The number of nitrogens with one attached hydrogen (secondary N) is 1. The molecule has 1 heterocycles. The van der Waals surface area contributed by atoms with Crippen molar-refractivity contribution in [2.45, 2.75) is 26.3 Å². The average molecular weight is 193 g/mol. The number of rotatable bonds is 2. The van der Waals surface area contributed by atoms with Crippen LogP contribution < -0.4 is 11.1 Å². The molecule has 0 spiro atoms. The fourth-order valence-corrected chi connectivity index (χ4v) is 0.882. The van der Waals surface area contributed by atoms with Crippen molar-refractivity contribution < 1.29 is 4.79 Å². The summed E-state index contributed by atoms with van der Waals surface area (Å²) in [6.07, 6.45) is 1.65. The molecule has 1 aromatic rings. The van der Waals surface area contributed by atoms with E-state index in [2.05, 4.69) is 10.3 Å². The fourth-order valence-electron chi connectivity index (χ4n) is 0.882. The maximum Gasteiger partial charge on any atom is 0.245 e. The molecule has 0 aliphatic carbocycles. The largest absolute Gasteiger partial charge is 0.318 e. The lowest BCUT2D eigenvalue weighted by atomic mass is 10.1. The second-order valence-electron chi connectivity index (χ2n) is 3.89. The van der Waals surface area contributed by atoms with Gasteiger partial charge in [-0.2, -0.15) is 0 Å². The van der Waals surface area contributed by atoms with E-state index >= 15 is 0 Å². The minimum absolute atomic E-state index is 0.240. The minimum atomic E-state index is -0.884. The van der Waals surface area contributed by atoms with E-state index < -0.39 is 5.54 Å². The summed E-state index contributed by atoms with van der Waals surface area (Å²) in [4.78, 5) is 15.5. The number of carbonyl (C=O) groups is 1. The Kier molecular flexibility index (Phi) is 2.86. The number of nitrogens with zero attached hydrogens (tertiary/aromatic N) is 1. The highest BCUT2D eigenvalue weighted by Crippen LogP contribution is 2.07.